The van der Waals surface area contributed by atoms with Crippen LogP contribution in [-0.2, 0) is 9.59 Å². The van der Waals surface area contributed by atoms with E-state index in [1.54, 1.807) is 0 Å². The van der Waals surface area contributed by atoms with Crippen LogP contribution in [0.4, 0.5) is 10.1 Å². The molecule has 2 aliphatic carbocycles. The van der Waals surface area contributed by atoms with E-state index in [-0.39, 0.29) is 46.7 Å². The van der Waals surface area contributed by atoms with Crippen molar-refractivity contribution in [3.05, 3.63) is 41.7 Å². The molecule has 1 aliphatic heterocycles. The van der Waals surface area contributed by atoms with Gasteiger partial charge in [0.05, 0.1) is 23.1 Å². The minimum Gasteiger partial charge on any atom is -0.274 e. The first-order chi connectivity index (χ1) is 10.1. The molecule has 1 saturated carbocycles. The van der Waals surface area contributed by atoms with Gasteiger partial charge in [-0.3, -0.25) is 9.59 Å². The van der Waals surface area contributed by atoms with Gasteiger partial charge < -0.3 is 0 Å². The SMILES string of the molecule is N#Cc1cc(F)ccc1N1C(=O)C2C3C=CC(C3)C2C1=O. The molecule has 1 aromatic carbocycles. The van der Waals surface area contributed by atoms with Crippen LogP contribution in [0.3, 0.4) is 0 Å². The lowest BCUT2D eigenvalue weighted by Crippen LogP contribution is -2.33. The average Bonchev–Trinajstić information content (AvgIpc) is 3.14. The van der Waals surface area contributed by atoms with E-state index in [2.05, 4.69) is 0 Å². The van der Waals surface area contributed by atoms with Gasteiger partial charge in [0.2, 0.25) is 11.8 Å². The fraction of sp³-hybridized carbons (Fsp3) is 0.312. The molecular formula is C16H11FN2O2. The molecule has 0 aromatic heterocycles. The monoisotopic (exact) mass is 282 g/mol. The molecule has 2 amide bonds. The van der Waals surface area contributed by atoms with E-state index < -0.39 is 5.82 Å². The Balaban J connectivity index is 1.80. The van der Waals surface area contributed by atoms with Gasteiger partial charge in [-0.15, -0.1) is 0 Å². The highest BCUT2D eigenvalue weighted by atomic mass is 19.1. The Hall–Kier alpha value is -2.48. The molecule has 5 heteroatoms. The quantitative estimate of drug-likeness (QED) is 0.584. The second-order valence-electron chi connectivity index (χ2n) is 5.79. The number of rotatable bonds is 1. The second-order valence-corrected chi connectivity index (χ2v) is 5.79. The van der Waals surface area contributed by atoms with Gasteiger partial charge in [0.25, 0.3) is 0 Å². The third-order valence-electron chi connectivity index (χ3n) is 4.79. The van der Waals surface area contributed by atoms with Crippen LogP contribution in [-0.4, -0.2) is 11.8 Å². The minimum absolute atomic E-state index is 0.0111. The molecule has 0 spiro atoms. The number of carbonyl (C=O) groups excluding carboxylic acids is 2. The van der Waals surface area contributed by atoms with E-state index in [9.17, 15) is 14.0 Å². The third kappa shape index (κ3) is 1.47. The predicted molar refractivity (Wildman–Crippen MR) is 71.3 cm³/mol. The molecule has 3 aliphatic rings. The van der Waals surface area contributed by atoms with Gasteiger partial charge in [0.1, 0.15) is 11.9 Å². The summed E-state index contributed by atoms with van der Waals surface area (Å²) < 4.78 is 13.2. The first-order valence-corrected chi connectivity index (χ1v) is 6.87. The van der Waals surface area contributed by atoms with Crippen LogP contribution >= 0.6 is 0 Å². The number of amides is 2. The van der Waals surface area contributed by atoms with Crippen LogP contribution in [0.5, 0.6) is 0 Å². The van der Waals surface area contributed by atoms with E-state index in [0.29, 0.717) is 0 Å². The highest BCUT2D eigenvalue weighted by Crippen LogP contribution is 2.53. The Morgan fingerprint density at radius 2 is 1.76 bits per heavy atom. The number of carbonyl (C=O) groups is 2. The summed E-state index contributed by atoms with van der Waals surface area (Å²) in [5.74, 6) is -1.47. The maximum absolute atomic E-state index is 13.2. The number of imide groups is 1. The van der Waals surface area contributed by atoms with E-state index in [1.165, 1.54) is 6.07 Å². The van der Waals surface area contributed by atoms with Gasteiger partial charge in [-0.1, -0.05) is 12.2 Å². The Morgan fingerprint density at radius 1 is 1.14 bits per heavy atom. The summed E-state index contributed by atoms with van der Waals surface area (Å²) >= 11 is 0. The zero-order valence-corrected chi connectivity index (χ0v) is 11.0. The topological polar surface area (TPSA) is 61.2 Å². The molecule has 1 aromatic rings. The molecule has 4 nitrogen and oxygen atoms in total. The normalized spacial score (nSPS) is 32.7. The molecule has 4 unspecified atom stereocenters. The zero-order valence-electron chi connectivity index (χ0n) is 11.0. The van der Waals surface area contributed by atoms with E-state index in [1.807, 2.05) is 18.2 Å². The summed E-state index contributed by atoms with van der Waals surface area (Å²) in [4.78, 5) is 26.3. The van der Waals surface area contributed by atoms with Crippen molar-refractivity contribution in [3.63, 3.8) is 0 Å². The Bertz CT molecular complexity index is 719. The number of allylic oxidation sites excluding steroid dienone is 2. The zero-order chi connectivity index (χ0) is 14.7. The van der Waals surface area contributed by atoms with E-state index >= 15 is 0 Å². The van der Waals surface area contributed by atoms with Gasteiger partial charge >= 0.3 is 0 Å². The van der Waals surface area contributed by atoms with Crippen molar-refractivity contribution in [2.24, 2.45) is 23.7 Å². The summed E-state index contributed by atoms with van der Waals surface area (Å²) in [6.45, 7) is 0. The lowest BCUT2D eigenvalue weighted by atomic mass is 9.85. The molecule has 104 valence electrons. The summed E-state index contributed by atoms with van der Waals surface area (Å²) in [6.07, 6.45) is 4.88. The van der Waals surface area contributed by atoms with Crippen LogP contribution in [0.2, 0.25) is 0 Å². The molecule has 1 saturated heterocycles. The highest BCUT2D eigenvalue weighted by Gasteiger charge is 2.59. The summed E-state index contributed by atoms with van der Waals surface area (Å²) in [5.41, 5.74) is 0.208. The highest BCUT2D eigenvalue weighted by molar-refractivity contribution is 6.23. The summed E-state index contributed by atoms with van der Waals surface area (Å²) in [6, 6.07) is 5.41. The number of hydrogen-bond acceptors (Lipinski definition) is 3. The molecule has 4 atom stereocenters. The Morgan fingerprint density at radius 3 is 2.33 bits per heavy atom. The molecule has 0 N–H and O–H groups in total. The van der Waals surface area contributed by atoms with Gasteiger partial charge in [-0.25, -0.2) is 9.29 Å². The molecule has 2 fully saturated rings. The van der Waals surface area contributed by atoms with Crippen LogP contribution in [0.25, 0.3) is 0 Å². The molecular weight excluding hydrogens is 271 g/mol. The molecule has 4 rings (SSSR count). The summed E-state index contributed by atoms with van der Waals surface area (Å²) in [7, 11) is 0. The largest absolute Gasteiger partial charge is 0.274 e. The van der Waals surface area contributed by atoms with Crippen molar-refractivity contribution in [3.8, 4) is 6.07 Å². The van der Waals surface area contributed by atoms with Gasteiger partial charge in [0.15, 0.2) is 0 Å². The second kappa shape index (κ2) is 4.01. The third-order valence-corrected chi connectivity index (χ3v) is 4.79. The minimum atomic E-state index is -0.559. The van der Waals surface area contributed by atoms with E-state index in [0.717, 1.165) is 23.5 Å². The molecule has 21 heavy (non-hydrogen) atoms. The van der Waals surface area contributed by atoms with Crippen molar-refractivity contribution in [2.75, 3.05) is 4.90 Å². The first kappa shape index (κ1) is 12.3. The molecule has 0 radical (unpaired) electrons. The van der Waals surface area contributed by atoms with Gasteiger partial charge in [-0.2, -0.15) is 5.26 Å². The van der Waals surface area contributed by atoms with E-state index in [4.69, 9.17) is 5.26 Å². The van der Waals surface area contributed by atoms with Crippen molar-refractivity contribution >= 4 is 17.5 Å². The average molecular weight is 282 g/mol. The standard InChI is InChI=1S/C16H11FN2O2/c17-11-3-4-12(10(6-11)7-18)19-15(20)13-8-1-2-9(5-8)14(13)16(19)21/h1-4,6,8-9,13-14H,5H2. The number of hydrogen-bond donors (Lipinski definition) is 0. The van der Waals surface area contributed by atoms with Crippen LogP contribution in [0.15, 0.2) is 30.4 Å². The fourth-order valence-electron chi connectivity index (χ4n) is 3.93. The predicted octanol–water partition coefficient (Wildman–Crippen LogP) is 2.01. The Labute approximate surface area is 120 Å². The van der Waals surface area contributed by atoms with Crippen molar-refractivity contribution < 1.29 is 14.0 Å². The summed E-state index contributed by atoms with van der Waals surface area (Å²) in [5, 5.41) is 9.12. The Kier molecular flexibility index (Phi) is 2.35. The van der Waals surface area contributed by atoms with Crippen molar-refractivity contribution in [1.82, 2.24) is 0 Å². The smallest absolute Gasteiger partial charge is 0.238 e. The number of benzene rings is 1. The molecule has 2 bridgehead atoms. The van der Waals surface area contributed by atoms with Crippen LogP contribution < -0.4 is 4.90 Å². The number of fused-ring (bicyclic) bond motifs is 5. The number of nitrogens with zero attached hydrogens (tertiary/aromatic N) is 2. The first-order valence-electron chi connectivity index (χ1n) is 6.87. The number of nitriles is 1. The van der Waals surface area contributed by atoms with Crippen molar-refractivity contribution in [2.45, 2.75) is 6.42 Å². The fourth-order valence-corrected chi connectivity index (χ4v) is 3.93. The molecule has 1 heterocycles. The lowest BCUT2D eigenvalue weighted by molar-refractivity contribution is -0.123. The maximum atomic E-state index is 13.2. The number of halogens is 1. The van der Waals surface area contributed by atoms with Crippen LogP contribution in [0, 0.1) is 40.8 Å². The van der Waals surface area contributed by atoms with Crippen molar-refractivity contribution in [1.29, 1.82) is 5.26 Å². The van der Waals surface area contributed by atoms with Gasteiger partial charge in [0, 0.05) is 0 Å². The maximum Gasteiger partial charge on any atom is 0.238 e. The number of anilines is 1. The van der Waals surface area contributed by atoms with Gasteiger partial charge in [-0.05, 0) is 36.5 Å². The lowest BCUT2D eigenvalue weighted by Gasteiger charge is -2.18. The van der Waals surface area contributed by atoms with Crippen LogP contribution in [0.1, 0.15) is 12.0 Å².